The Labute approximate surface area is 192 Å². The van der Waals surface area contributed by atoms with Crippen molar-refractivity contribution in [3.8, 4) is 0 Å². The summed E-state index contributed by atoms with van der Waals surface area (Å²) in [6, 6.07) is 0. The molecule has 0 aromatic rings. The molecule has 11 N–H and O–H groups in total. The molecule has 34 heavy (non-hydrogen) atoms. The highest BCUT2D eigenvalue weighted by Gasteiger charge is 2.58. The van der Waals surface area contributed by atoms with Gasteiger partial charge < -0.3 is 79.9 Å². The van der Waals surface area contributed by atoms with Crippen LogP contribution in [0.4, 0.5) is 0 Å². The Morgan fingerprint density at radius 2 is 1.12 bits per heavy atom. The van der Waals surface area contributed by atoms with Crippen LogP contribution in [-0.4, -0.2) is 168 Å². The molecule has 0 unspecified atom stereocenters. The topological polar surface area (TPSA) is 269 Å². The summed E-state index contributed by atoms with van der Waals surface area (Å²) in [5.74, 6) is -2.36. The van der Waals surface area contributed by atoms with Crippen LogP contribution in [0, 0.1) is 0 Å². The molecule has 200 valence electrons. The van der Waals surface area contributed by atoms with Crippen LogP contribution in [0.3, 0.4) is 0 Å². The Hall–Kier alpha value is -0.640. The molecule has 16 nitrogen and oxygen atoms in total. The maximum absolute atomic E-state index is 10.3. The Kier molecular flexibility index (Phi) is 9.18. The quantitative estimate of drug-likeness (QED) is 0.146. The average Bonchev–Trinajstić information content (AvgIpc) is 3.08. The number of hydrogen-bond acceptors (Lipinski definition) is 16. The standard InChI is InChI=1S/C18H32O16/c19-1-5-8(22)11(25)13(27)16(31-5)30-3-7-9(23)12(26)14(28)17(32-7)34-18(4-21)15(29)10(24)6(2-20)33-18/h5-17,19-29H,1-4H2/t5-,6-,7-,8-,9+,10+,11+,12+,13+,14+,15+,16-,17+,18-/m0/s1. The summed E-state index contributed by atoms with van der Waals surface area (Å²) in [4.78, 5) is 0. The molecule has 3 rings (SSSR count). The Morgan fingerprint density at radius 1 is 0.588 bits per heavy atom. The Balaban J connectivity index is 1.69. The van der Waals surface area contributed by atoms with E-state index in [-0.39, 0.29) is 0 Å². The van der Waals surface area contributed by atoms with Crippen molar-refractivity contribution in [3.05, 3.63) is 0 Å². The summed E-state index contributed by atoms with van der Waals surface area (Å²) >= 11 is 0. The van der Waals surface area contributed by atoms with Crippen LogP contribution < -0.4 is 0 Å². The Bertz CT molecular complexity index is 653. The van der Waals surface area contributed by atoms with E-state index in [9.17, 15) is 56.2 Å². The predicted molar refractivity (Wildman–Crippen MR) is 101 cm³/mol. The molecule has 0 aromatic heterocycles. The second kappa shape index (κ2) is 11.2. The van der Waals surface area contributed by atoms with Gasteiger partial charge >= 0.3 is 0 Å². The van der Waals surface area contributed by atoms with Gasteiger partial charge in [0.15, 0.2) is 12.6 Å². The third-order valence-electron chi connectivity index (χ3n) is 6.16. The van der Waals surface area contributed by atoms with Crippen LogP contribution in [0.5, 0.6) is 0 Å². The second-order valence-electron chi connectivity index (χ2n) is 8.41. The lowest BCUT2D eigenvalue weighted by Crippen LogP contribution is -2.63. The van der Waals surface area contributed by atoms with E-state index in [1.165, 1.54) is 0 Å². The monoisotopic (exact) mass is 504 g/mol. The summed E-state index contributed by atoms with van der Waals surface area (Å²) in [5, 5.41) is 109. The van der Waals surface area contributed by atoms with Crippen LogP contribution >= 0.6 is 0 Å². The molecule has 0 spiro atoms. The van der Waals surface area contributed by atoms with Gasteiger partial charge in [-0.25, -0.2) is 0 Å². The van der Waals surface area contributed by atoms with E-state index >= 15 is 0 Å². The van der Waals surface area contributed by atoms with E-state index in [0.29, 0.717) is 0 Å². The van der Waals surface area contributed by atoms with Gasteiger partial charge in [0, 0.05) is 0 Å². The minimum atomic E-state index is -2.36. The van der Waals surface area contributed by atoms with E-state index in [1.54, 1.807) is 0 Å². The van der Waals surface area contributed by atoms with Gasteiger partial charge in [-0.3, -0.25) is 0 Å². The van der Waals surface area contributed by atoms with Crippen molar-refractivity contribution in [2.24, 2.45) is 0 Å². The second-order valence-corrected chi connectivity index (χ2v) is 8.41. The Morgan fingerprint density at radius 3 is 1.65 bits per heavy atom. The highest BCUT2D eigenvalue weighted by molar-refractivity contribution is 4.98. The fraction of sp³-hybridized carbons (Fsp3) is 1.00. The van der Waals surface area contributed by atoms with Crippen LogP contribution in [0.1, 0.15) is 0 Å². The summed E-state index contributed by atoms with van der Waals surface area (Å²) in [7, 11) is 0. The lowest BCUT2D eigenvalue weighted by Gasteiger charge is -2.44. The lowest BCUT2D eigenvalue weighted by molar-refractivity contribution is -0.388. The van der Waals surface area contributed by atoms with E-state index in [1.807, 2.05) is 0 Å². The zero-order valence-electron chi connectivity index (χ0n) is 17.8. The SMILES string of the molecule is OC[C@@H]1O[C@H](OC[C@@H]2O[C@H](O[C@]3(CO)O[C@@H](CO)[C@@H](O)[C@H]3O)[C@H](O)[C@H](O)[C@@H]2O)[C@H](O)[C@H](O)[C@H]1O. The maximum Gasteiger partial charge on any atom is 0.224 e. The molecule has 0 aromatic carbocycles. The zero-order valence-corrected chi connectivity index (χ0v) is 17.8. The van der Waals surface area contributed by atoms with Crippen molar-refractivity contribution >= 4 is 0 Å². The van der Waals surface area contributed by atoms with E-state index in [2.05, 4.69) is 0 Å². The molecule has 0 saturated carbocycles. The maximum atomic E-state index is 10.3. The first kappa shape index (κ1) is 27.9. The fourth-order valence-corrected chi connectivity index (χ4v) is 4.01. The summed E-state index contributed by atoms with van der Waals surface area (Å²) in [5.41, 5.74) is 0. The van der Waals surface area contributed by atoms with Crippen molar-refractivity contribution in [2.45, 2.75) is 85.5 Å². The van der Waals surface area contributed by atoms with Crippen LogP contribution in [0.25, 0.3) is 0 Å². The van der Waals surface area contributed by atoms with E-state index < -0.39 is 112 Å². The summed E-state index contributed by atoms with van der Waals surface area (Å²) < 4.78 is 26.4. The van der Waals surface area contributed by atoms with E-state index in [4.69, 9.17) is 23.7 Å². The molecule has 3 aliphatic rings. The van der Waals surface area contributed by atoms with Crippen molar-refractivity contribution in [1.82, 2.24) is 0 Å². The van der Waals surface area contributed by atoms with Gasteiger partial charge in [0.1, 0.15) is 73.8 Å². The molecule has 0 bridgehead atoms. The zero-order chi connectivity index (χ0) is 25.4. The van der Waals surface area contributed by atoms with Crippen molar-refractivity contribution in [3.63, 3.8) is 0 Å². The van der Waals surface area contributed by atoms with Crippen LogP contribution in [-0.2, 0) is 23.7 Å². The van der Waals surface area contributed by atoms with Crippen molar-refractivity contribution < 1.29 is 79.9 Å². The molecule has 3 heterocycles. The molecular formula is C18H32O16. The number of ether oxygens (including phenoxy) is 5. The molecule has 3 aliphatic heterocycles. The molecule has 0 amide bonds. The molecule has 3 saturated heterocycles. The first-order chi connectivity index (χ1) is 16.0. The van der Waals surface area contributed by atoms with Gasteiger partial charge in [0.05, 0.1) is 19.8 Å². The first-order valence-electron chi connectivity index (χ1n) is 10.6. The molecule has 16 heteroatoms. The average molecular weight is 504 g/mol. The molecule has 0 aliphatic carbocycles. The van der Waals surface area contributed by atoms with Crippen LogP contribution in [0.15, 0.2) is 0 Å². The van der Waals surface area contributed by atoms with Gasteiger partial charge in [-0.15, -0.1) is 0 Å². The minimum absolute atomic E-state index is 0.634. The number of rotatable bonds is 8. The number of hydrogen-bond donors (Lipinski definition) is 11. The lowest BCUT2D eigenvalue weighted by atomic mass is 9.98. The van der Waals surface area contributed by atoms with Crippen molar-refractivity contribution in [2.75, 3.05) is 26.4 Å². The normalized spacial score (nSPS) is 52.1. The van der Waals surface area contributed by atoms with Gasteiger partial charge in [-0.05, 0) is 0 Å². The van der Waals surface area contributed by atoms with Gasteiger partial charge in [-0.1, -0.05) is 0 Å². The van der Waals surface area contributed by atoms with Crippen LogP contribution in [0.2, 0.25) is 0 Å². The van der Waals surface area contributed by atoms with Crippen molar-refractivity contribution in [1.29, 1.82) is 0 Å². The number of aliphatic hydroxyl groups is 11. The molecule has 3 fully saturated rings. The van der Waals surface area contributed by atoms with Gasteiger partial charge in [-0.2, -0.15) is 0 Å². The molecule has 14 atom stereocenters. The first-order valence-corrected chi connectivity index (χ1v) is 10.6. The van der Waals surface area contributed by atoms with E-state index in [0.717, 1.165) is 0 Å². The molecule has 0 radical (unpaired) electrons. The highest BCUT2D eigenvalue weighted by atomic mass is 16.8. The third-order valence-corrected chi connectivity index (χ3v) is 6.16. The minimum Gasteiger partial charge on any atom is -0.394 e. The number of aliphatic hydroxyl groups excluding tert-OH is 11. The largest absolute Gasteiger partial charge is 0.394 e. The van der Waals surface area contributed by atoms with Gasteiger partial charge in [0.25, 0.3) is 0 Å². The van der Waals surface area contributed by atoms with Gasteiger partial charge in [0.2, 0.25) is 5.79 Å². The molecular weight excluding hydrogens is 472 g/mol. The predicted octanol–water partition coefficient (Wildman–Crippen LogP) is -7.57. The highest BCUT2D eigenvalue weighted by Crippen LogP contribution is 2.36. The third kappa shape index (κ3) is 5.09. The smallest absolute Gasteiger partial charge is 0.224 e. The summed E-state index contributed by atoms with van der Waals surface area (Å²) in [6.07, 6.45) is -21.8. The fourth-order valence-electron chi connectivity index (χ4n) is 4.01. The summed E-state index contributed by atoms with van der Waals surface area (Å²) in [6.45, 7) is -3.14.